The molecule has 4 heterocycles. The molecule has 154 valence electrons. The van der Waals surface area contributed by atoms with Crippen LogP contribution in [0.3, 0.4) is 0 Å². The van der Waals surface area contributed by atoms with Crippen molar-refractivity contribution in [2.75, 3.05) is 13.1 Å². The largest absolute Gasteiger partial charge is 0.508 e. The number of hydrogen-bond acceptors (Lipinski definition) is 5. The summed E-state index contributed by atoms with van der Waals surface area (Å²) >= 11 is 0. The highest BCUT2D eigenvalue weighted by Gasteiger charge is 2.63. The second-order valence-corrected chi connectivity index (χ2v) is 8.88. The number of aromatic nitrogens is 3. The number of H-pyrrole nitrogens is 1. The molecule has 1 spiro atoms. The maximum Gasteiger partial charge on any atom is 0.252 e. The Balaban J connectivity index is 1.39. The molecule has 0 bridgehead atoms. The fourth-order valence-corrected chi connectivity index (χ4v) is 5.81. The van der Waals surface area contributed by atoms with Gasteiger partial charge in [0.2, 0.25) is 0 Å². The molecule has 1 aliphatic carbocycles. The van der Waals surface area contributed by atoms with Crippen LogP contribution in [-0.4, -0.2) is 55.8 Å². The lowest BCUT2D eigenvalue weighted by molar-refractivity contribution is -0.0676. The Labute approximate surface area is 174 Å². The molecule has 30 heavy (non-hydrogen) atoms. The number of fused-ring (bicyclic) bond motifs is 1. The molecule has 7 heteroatoms. The highest BCUT2D eigenvalue weighted by Crippen LogP contribution is 2.57. The van der Waals surface area contributed by atoms with E-state index in [1.54, 1.807) is 24.3 Å². The SMILES string of the molecule is CCc1[nH]nc2nc(-c3ccc(O)cc3)cc(C(=O)N[C@H]3CN4CCC45CCC35)c12. The first kappa shape index (κ1) is 17.9. The van der Waals surface area contributed by atoms with Crippen LogP contribution in [0.15, 0.2) is 30.3 Å². The molecular formula is C23H25N5O2. The van der Waals surface area contributed by atoms with Gasteiger partial charge in [0.1, 0.15) is 5.75 Å². The Morgan fingerprint density at radius 2 is 2.17 bits per heavy atom. The van der Waals surface area contributed by atoms with Crippen molar-refractivity contribution in [2.45, 2.75) is 44.2 Å². The van der Waals surface area contributed by atoms with Gasteiger partial charge in [-0.05, 0) is 61.9 Å². The number of benzene rings is 1. The van der Waals surface area contributed by atoms with Gasteiger partial charge in [-0.1, -0.05) is 6.92 Å². The number of aryl methyl sites for hydroxylation is 1. The van der Waals surface area contributed by atoms with Crippen LogP contribution < -0.4 is 5.32 Å². The van der Waals surface area contributed by atoms with Crippen LogP contribution >= 0.6 is 0 Å². The fourth-order valence-electron chi connectivity index (χ4n) is 5.81. The molecule has 6 rings (SSSR count). The lowest BCUT2D eigenvalue weighted by atomic mass is 9.61. The standard InChI is InChI=1S/C23H25N5O2/c1-2-17-20-15(22(30)25-19-12-28-10-9-23(28)8-7-16(19)23)11-18(24-21(20)27-26-17)13-3-5-14(29)6-4-13/h3-6,11,16,19,29H,2,7-10,12H2,1H3,(H,25,30)(H,24,26,27)/t16?,19-,23?/m0/s1. The number of hydrogen-bond donors (Lipinski definition) is 3. The zero-order chi connectivity index (χ0) is 20.5. The molecule has 7 nitrogen and oxygen atoms in total. The van der Waals surface area contributed by atoms with Gasteiger partial charge in [0.15, 0.2) is 5.65 Å². The average Bonchev–Trinajstić information content (AvgIpc) is 3.18. The van der Waals surface area contributed by atoms with Crippen molar-refractivity contribution in [3.63, 3.8) is 0 Å². The number of phenols is 1. The van der Waals surface area contributed by atoms with Crippen LogP contribution in [-0.2, 0) is 6.42 Å². The maximum absolute atomic E-state index is 13.5. The van der Waals surface area contributed by atoms with E-state index in [1.807, 2.05) is 13.0 Å². The number of carbonyl (C=O) groups is 1. The van der Waals surface area contributed by atoms with E-state index in [0.717, 1.165) is 36.2 Å². The first-order chi connectivity index (χ1) is 14.6. The number of rotatable bonds is 4. The van der Waals surface area contributed by atoms with Crippen molar-refractivity contribution < 1.29 is 9.90 Å². The topological polar surface area (TPSA) is 94.1 Å². The van der Waals surface area contributed by atoms with Crippen LogP contribution in [0.2, 0.25) is 0 Å². The number of aromatic amines is 1. The molecule has 3 aromatic rings. The van der Waals surface area contributed by atoms with Crippen LogP contribution in [0.25, 0.3) is 22.3 Å². The lowest BCUT2D eigenvalue weighted by Crippen LogP contribution is -2.64. The van der Waals surface area contributed by atoms with Gasteiger partial charge in [0, 0.05) is 35.9 Å². The number of amides is 1. The third-order valence-electron chi connectivity index (χ3n) is 7.60. The van der Waals surface area contributed by atoms with Gasteiger partial charge >= 0.3 is 0 Å². The van der Waals surface area contributed by atoms with Gasteiger partial charge in [0.05, 0.1) is 16.6 Å². The van der Waals surface area contributed by atoms with Crippen molar-refractivity contribution in [3.8, 4) is 17.0 Å². The molecule has 1 aromatic carbocycles. The molecule has 2 saturated heterocycles. The van der Waals surface area contributed by atoms with Crippen LogP contribution in [0.4, 0.5) is 0 Å². The molecule has 3 fully saturated rings. The Morgan fingerprint density at radius 1 is 1.33 bits per heavy atom. The summed E-state index contributed by atoms with van der Waals surface area (Å²) in [5.74, 6) is 0.735. The van der Waals surface area contributed by atoms with E-state index in [2.05, 4.69) is 25.4 Å². The summed E-state index contributed by atoms with van der Waals surface area (Å²) in [5, 5.41) is 21.2. The predicted molar refractivity (Wildman–Crippen MR) is 113 cm³/mol. The molecule has 3 aliphatic rings. The van der Waals surface area contributed by atoms with Crippen molar-refractivity contribution in [1.82, 2.24) is 25.4 Å². The number of pyridine rings is 1. The Kier molecular flexibility index (Phi) is 3.75. The molecular weight excluding hydrogens is 378 g/mol. The van der Waals surface area contributed by atoms with E-state index in [4.69, 9.17) is 0 Å². The van der Waals surface area contributed by atoms with Crippen molar-refractivity contribution >= 4 is 16.9 Å². The fraction of sp³-hybridized carbons (Fsp3) is 0.435. The van der Waals surface area contributed by atoms with E-state index in [9.17, 15) is 9.90 Å². The smallest absolute Gasteiger partial charge is 0.252 e. The molecule has 0 radical (unpaired) electrons. The van der Waals surface area contributed by atoms with Crippen molar-refractivity contribution in [3.05, 3.63) is 41.6 Å². The molecule has 1 saturated carbocycles. The number of nitrogens with one attached hydrogen (secondary N) is 2. The van der Waals surface area contributed by atoms with Crippen LogP contribution in [0, 0.1) is 5.92 Å². The first-order valence-corrected chi connectivity index (χ1v) is 10.8. The summed E-state index contributed by atoms with van der Waals surface area (Å²) in [6, 6.07) is 8.94. The molecule has 3 N–H and O–H groups in total. The predicted octanol–water partition coefficient (Wildman–Crippen LogP) is 2.86. The second kappa shape index (κ2) is 6.28. The summed E-state index contributed by atoms with van der Waals surface area (Å²) in [6.07, 6.45) is 4.50. The molecule has 3 atom stereocenters. The third-order valence-corrected chi connectivity index (χ3v) is 7.60. The van der Waals surface area contributed by atoms with Gasteiger partial charge in [-0.2, -0.15) is 5.10 Å². The van der Waals surface area contributed by atoms with E-state index >= 15 is 0 Å². The highest BCUT2D eigenvalue weighted by molar-refractivity contribution is 6.07. The van der Waals surface area contributed by atoms with Crippen molar-refractivity contribution in [1.29, 1.82) is 0 Å². The summed E-state index contributed by atoms with van der Waals surface area (Å²) in [4.78, 5) is 20.7. The normalized spacial score (nSPS) is 27.2. The number of carbonyl (C=O) groups excluding carboxylic acids is 1. The summed E-state index contributed by atoms with van der Waals surface area (Å²) < 4.78 is 0. The number of nitrogens with zero attached hydrogens (tertiary/aromatic N) is 3. The zero-order valence-corrected chi connectivity index (χ0v) is 17.0. The van der Waals surface area contributed by atoms with E-state index < -0.39 is 0 Å². The molecule has 1 amide bonds. The monoisotopic (exact) mass is 403 g/mol. The Bertz CT molecular complexity index is 1150. The summed E-state index contributed by atoms with van der Waals surface area (Å²) in [7, 11) is 0. The minimum absolute atomic E-state index is 0.0481. The van der Waals surface area contributed by atoms with Gasteiger partial charge in [-0.15, -0.1) is 0 Å². The van der Waals surface area contributed by atoms with Gasteiger partial charge in [-0.3, -0.25) is 14.8 Å². The van der Waals surface area contributed by atoms with Crippen LogP contribution in [0.1, 0.15) is 42.2 Å². The summed E-state index contributed by atoms with van der Waals surface area (Å²) in [6.45, 7) is 4.17. The van der Waals surface area contributed by atoms with Gasteiger partial charge < -0.3 is 10.4 Å². The Hall–Kier alpha value is -2.93. The van der Waals surface area contributed by atoms with Gasteiger partial charge in [-0.25, -0.2) is 4.98 Å². The molecule has 2 aliphatic heterocycles. The summed E-state index contributed by atoms with van der Waals surface area (Å²) in [5.41, 5.74) is 4.00. The van der Waals surface area contributed by atoms with Crippen LogP contribution in [0.5, 0.6) is 5.75 Å². The van der Waals surface area contributed by atoms with E-state index in [-0.39, 0.29) is 17.7 Å². The third kappa shape index (κ3) is 2.38. The van der Waals surface area contributed by atoms with E-state index in [0.29, 0.717) is 28.4 Å². The second-order valence-electron chi connectivity index (χ2n) is 8.88. The highest BCUT2D eigenvalue weighted by atomic mass is 16.3. The Morgan fingerprint density at radius 3 is 2.80 bits per heavy atom. The van der Waals surface area contributed by atoms with Crippen molar-refractivity contribution in [2.24, 2.45) is 5.92 Å². The molecule has 2 unspecified atom stereocenters. The minimum Gasteiger partial charge on any atom is -0.508 e. The minimum atomic E-state index is -0.0481. The molecule has 2 aromatic heterocycles. The van der Waals surface area contributed by atoms with E-state index in [1.165, 1.54) is 19.3 Å². The maximum atomic E-state index is 13.5. The number of phenolic OH excluding ortho intramolecular Hbond substituents is 1. The first-order valence-electron chi connectivity index (χ1n) is 10.8. The van der Waals surface area contributed by atoms with Gasteiger partial charge in [0.25, 0.3) is 5.91 Å². The zero-order valence-electron chi connectivity index (χ0n) is 17.0. The quantitative estimate of drug-likeness (QED) is 0.623. The number of aromatic hydroxyl groups is 1. The lowest BCUT2D eigenvalue weighted by Gasteiger charge is -2.58. The average molecular weight is 403 g/mol.